The first-order chi connectivity index (χ1) is 10.8. The monoisotopic (exact) mass is 305 g/mol. The van der Waals surface area contributed by atoms with Crippen molar-refractivity contribution in [2.45, 2.75) is 0 Å². The van der Waals surface area contributed by atoms with Gasteiger partial charge >= 0.3 is 0 Å². The van der Waals surface area contributed by atoms with Gasteiger partial charge in [-0.1, -0.05) is 48.5 Å². The first-order valence-electron chi connectivity index (χ1n) is 7.29. The standard InChI is InChI=1S/C20H18OP/c1-22(18-11-4-2-5-12-18,19-13-6-3-7-14-19)20-15-9-8-10-17(20)16-21/h2-16H,1H3/q+1. The van der Waals surface area contributed by atoms with E-state index in [9.17, 15) is 4.79 Å². The topological polar surface area (TPSA) is 17.1 Å². The Morgan fingerprint density at radius 3 is 1.64 bits per heavy atom. The number of aldehydes is 1. The molecule has 0 aliphatic heterocycles. The summed E-state index contributed by atoms with van der Waals surface area (Å²) in [5.41, 5.74) is 0.783. The van der Waals surface area contributed by atoms with E-state index >= 15 is 0 Å². The molecule has 0 aliphatic carbocycles. The highest BCUT2D eigenvalue weighted by Crippen LogP contribution is 2.51. The van der Waals surface area contributed by atoms with E-state index in [0.29, 0.717) is 0 Å². The summed E-state index contributed by atoms with van der Waals surface area (Å²) in [7, 11) is -1.81. The molecule has 1 nitrogen and oxygen atoms in total. The summed E-state index contributed by atoms with van der Waals surface area (Å²) in [4.78, 5) is 11.6. The smallest absolute Gasteiger partial charge is 0.154 e. The molecule has 22 heavy (non-hydrogen) atoms. The summed E-state index contributed by atoms with van der Waals surface area (Å²) in [6.45, 7) is 2.29. The highest BCUT2D eigenvalue weighted by atomic mass is 31.2. The van der Waals surface area contributed by atoms with Crippen molar-refractivity contribution < 1.29 is 4.79 Å². The number of carbonyl (C=O) groups excluding carboxylic acids is 1. The SMILES string of the molecule is C[P+](c1ccccc1)(c1ccccc1)c1ccccc1C=O. The van der Waals surface area contributed by atoms with Crippen molar-refractivity contribution in [2.24, 2.45) is 0 Å². The third kappa shape index (κ3) is 2.49. The number of hydrogen-bond donors (Lipinski definition) is 0. The lowest BCUT2D eigenvalue weighted by Gasteiger charge is -2.24. The van der Waals surface area contributed by atoms with E-state index in [2.05, 4.69) is 61.3 Å². The molecule has 0 aliphatic rings. The highest BCUT2D eigenvalue weighted by Gasteiger charge is 2.41. The molecular formula is C20H18OP+. The van der Waals surface area contributed by atoms with Crippen LogP contribution in [0.15, 0.2) is 84.9 Å². The predicted molar refractivity (Wildman–Crippen MR) is 96.5 cm³/mol. The van der Waals surface area contributed by atoms with E-state index in [4.69, 9.17) is 0 Å². The molecule has 0 saturated carbocycles. The number of benzene rings is 3. The van der Waals surface area contributed by atoms with Crippen LogP contribution in [0.3, 0.4) is 0 Å². The second-order valence-electron chi connectivity index (χ2n) is 5.35. The molecule has 0 bridgehead atoms. The van der Waals surface area contributed by atoms with E-state index in [-0.39, 0.29) is 0 Å². The molecule has 0 radical (unpaired) electrons. The van der Waals surface area contributed by atoms with Gasteiger partial charge in [0.15, 0.2) is 6.29 Å². The zero-order valence-corrected chi connectivity index (χ0v) is 13.4. The molecule has 0 atom stereocenters. The lowest BCUT2D eigenvalue weighted by molar-refractivity contribution is 0.112. The van der Waals surface area contributed by atoms with Crippen LogP contribution in [0.4, 0.5) is 0 Å². The molecule has 0 saturated heterocycles. The Hall–Kier alpha value is -2.24. The Kier molecular flexibility index (Phi) is 4.18. The van der Waals surface area contributed by atoms with Gasteiger partial charge in [-0.3, -0.25) is 4.79 Å². The normalized spacial score (nSPS) is 11.1. The van der Waals surface area contributed by atoms with Crippen molar-refractivity contribution in [3.05, 3.63) is 90.5 Å². The van der Waals surface area contributed by atoms with Crippen LogP contribution in [0.25, 0.3) is 0 Å². The highest BCUT2D eigenvalue weighted by molar-refractivity contribution is 7.95. The van der Waals surface area contributed by atoms with Crippen LogP contribution in [0, 0.1) is 0 Å². The van der Waals surface area contributed by atoms with Crippen molar-refractivity contribution in [3.63, 3.8) is 0 Å². The quantitative estimate of drug-likeness (QED) is 0.533. The van der Waals surface area contributed by atoms with Gasteiger partial charge in [-0.2, -0.15) is 0 Å². The van der Waals surface area contributed by atoms with Gasteiger partial charge in [-0.25, -0.2) is 0 Å². The number of hydrogen-bond acceptors (Lipinski definition) is 1. The van der Waals surface area contributed by atoms with E-state index in [0.717, 1.165) is 17.2 Å². The number of rotatable bonds is 4. The molecule has 0 heterocycles. The Bertz CT molecular complexity index is 726. The van der Waals surface area contributed by atoms with Crippen molar-refractivity contribution in [1.82, 2.24) is 0 Å². The zero-order chi connectivity index (χ0) is 15.4. The molecule has 0 N–H and O–H groups in total. The van der Waals surface area contributed by atoms with Crippen LogP contribution in [-0.2, 0) is 0 Å². The van der Waals surface area contributed by atoms with Gasteiger partial charge in [0.05, 0.1) is 12.2 Å². The maximum atomic E-state index is 11.6. The van der Waals surface area contributed by atoms with Gasteiger partial charge in [0.25, 0.3) is 0 Å². The Labute approximate surface area is 132 Å². The first kappa shape index (κ1) is 14.7. The van der Waals surface area contributed by atoms with E-state index in [1.54, 1.807) is 0 Å². The fourth-order valence-corrected chi connectivity index (χ4v) is 6.29. The molecular weight excluding hydrogens is 287 g/mol. The molecule has 0 unspecified atom stereocenters. The molecule has 108 valence electrons. The molecule has 0 spiro atoms. The molecule has 3 aromatic carbocycles. The lowest BCUT2D eigenvalue weighted by atomic mass is 10.2. The third-order valence-electron chi connectivity index (χ3n) is 4.09. The molecule has 0 fully saturated rings. The van der Waals surface area contributed by atoms with Gasteiger partial charge in [-0.05, 0) is 36.4 Å². The largest absolute Gasteiger partial charge is 0.298 e. The van der Waals surface area contributed by atoms with Gasteiger partial charge < -0.3 is 0 Å². The second-order valence-corrected chi connectivity index (χ2v) is 8.88. The predicted octanol–water partition coefficient (Wildman–Crippen LogP) is 3.42. The number of carbonyl (C=O) groups is 1. The van der Waals surface area contributed by atoms with Crippen LogP contribution in [0.2, 0.25) is 0 Å². The van der Waals surface area contributed by atoms with Crippen molar-refractivity contribution in [1.29, 1.82) is 0 Å². The van der Waals surface area contributed by atoms with Gasteiger partial charge in [-0.15, -0.1) is 0 Å². The summed E-state index contributed by atoms with van der Waals surface area (Å²) in [5, 5.41) is 3.72. The summed E-state index contributed by atoms with van der Waals surface area (Å²) in [5.74, 6) is 0. The lowest BCUT2D eigenvalue weighted by Crippen LogP contribution is -2.32. The maximum absolute atomic E-state index is 11.6. The van der Waals surface area contributed by atoms with E-state index in [1.807, 2.05) is 30.3 Å². The fraction of sp³-hybridized carbons (Fsp3) is 0.0500. The minimum absolute atomic E-state index is 0.783. The van der Waals surface area contributed by atoms with Crippen LogP contribution in [-0.4, -0.2) is 13.0 Å². The summed E-state index contributed by atoms with van der Waals surface area (Å²) in [6.07, 6.45) is 0.972. The Morgan fingerprint density at radius 2 is 1.14 bits per heavy atom. The summed E-state index contributed by atoms with van der Waals surface area (Å²) in [6, 6.07) is 29.0. The van der Waals surface area contributed by atoms with Gasteiger partial charge in [0, 0.05) is 0 Å². The second kappa shape index (κ2) is 6.25. The fourth-order valence-electron chi connectivity index (χ4n) is 2.87. The van der Waals surface area contributed by atoms with Gasteiger partial charge in [0.2, 0.25) is 0 Å². The first-order valence-corrected chi connectivity index (χ1v) is 9.53. The van der Waals surface area contributed by atoms with Crippen LogP contribution in [0.5, 0.6) is 0 Å². The average Bonchev–Trinajstić information content (AvgIpc) is 2.62. The molecule has 0 amide bonds. The van der Waals surface area contributed by atoms with Gasteiger partial charge in [0.1, 0.15) is 23.2 Å². The Balaban J connectivity index is 2.31. The molecule has 0 aromatic heterocycles. The molecule has 2 heteroatoms. The Morgan fingerprint density at radius 1 is 0.682 bits per heavy atom. The van der Waals surface area contributed by atoms with Crippen molar-refractivity contribution in [2.75, 3.05) is 6.66 Å². The average molecular weight is 305 g/mol. The zero-order valence-electron chi connectivity index (χ0n) is 12.5. The van der Waals surface area contributed by atoms with Crippen LogP contribution in [0.1, 0.15) is 10.4 Å². The van der Waals surface area contributed by atoms with Crippen LogP contribution < -0.4 is 15.9 Å². The maximum Gasteiger partial charge on any atom is 0.154 e. The molecule has 3 rings (SSSR count). The van der Waals surface area contributed by atoms with E-state index < -0.39 is 7.26 Å². The third-order valence-corrected chi connectivity index (χ3v) is 8.12. The van der Waals surface area contributed by atoms with Crippen LogP contribution >= 0.6 is 7.26 Å². The van der Waals surface area contributed by atoms with Crippen molar-refractivity contribution >= 4 is 29.5 Å². The molecule has 3 aromatic rings. The summed E-state index contributed by atoms with van der Waals surface area (Å²) < 4.78 is 0. The minimum Gasteiger partial charge on any atom is -0.298 e. The van der Waals surface area contributed by atoms with E-state index in [1.165, 1.54) is 10.6 Å². The minimum atomic E-state index is -1.81. The summed E-state index contributed by atoms with van der Waals surface area (Å²) >= 11 is 0. The van der Waals surface area contributed by atoms with Crippen molar-refractivity contribution in [3.8, 4) is 0 Å².